The Morgan fingerprint density at radius 2 is 1.94 bits per heavy atom. The monoisotopic (exact) mass is 233 g/mol. The number of hydrogen-bond acceptors (Lipinski definition) is 3. The molecule has 0 aliphatic rings. The lowest BCUT2D eigenvalue weighted by atomic mass is 10.1. The first-order valence-corrected chi connectivity index (χ1v) is 5.39. The Balaban J connectivity index is 2.32. The number of nitrogens with zero attached hydrogens (tertiary/aromatic N) is 2. The maximum Gasteiger partial charge on any atom is 0.116 e. The van der Waals surface area contributed by atoms with Crippen molar-refractivity contribution in [1.29, 1.82) is 0 Å². The summed E-state index contributed by atoms with van der Waals surface area (Å²) in [6, 6.07) is 9.59. The van der Waals surface area contributed by atoms with E-state index in [2.05, 4.69) is 15.3 Å². The number of hydrogen-bond donors (Lipinski definition) is 1. The third-order valence-corrected chi connectivity index (χ3v) is 2.47. The van der Waals surface area contributed by atoms with Crippen molar-refractivity contribution in [2.75, 3.05) is 7.05 Å². The minimum Gasteiger partial charge on any atom is -0.314 e. The van der Waals surface area contributed by atoms with Crippen molar-refractivity contribution in [1.82, 2.24) is 15.3 Å². The highest BCUT2D eigenvalue weighted by Crippen LogP contribution is 2.19. The van der Waals surface area contributed by atoms with Crippen molar-refractivity contribution >= 4 is 11.6 Å². The second-order valence-corrected chi connectivity index (χ2v) is 3.87. The second-order valence-electron chi connectivity index (χ2n) is 3.43. The van der Waals surface area contributed by atoms with E-state index < -0.39 is 0 Å². The normalized spacial score (nSPS) is 10.4. The first-order valence-electron chi connectivity index (χ1n) is 5.01. The van der Waals surface area contributed by atoms with Gasteiger partial charge < -0.3 is 5.32 Å². The maximum atomic E-state index is 5.84. The summed E-state index contributed by atoms with van der Waals surface area (Å²) in [4.78, 5) is 8.41. The van der Waals surface area contributed by atoms with Gasteiger partial charge in [0.15, 0.2) is 0 Å². The van der Waals surface area contributed by atoms with Crippen LogP contribution in [0.25, 0.3) is 11.3 Å². The van der Waals surface area contributed by atoms with Gasteiger partial charge in [-0.3, -0.25) is 0 Å². The van der Waals surface area contributed by atoms with Gasteiger partial charge in [0.2, 0.25) is 0 Å². The number of rotatable bonds is 3. The van der Waals surface area contributed by atoms with Crippen molar-refractivity contribution in [3.63, 3.8) is 0 Å². The molecule has 0 fully saturated rings. The van der Waals surface area contributed by atoms with Crippen LogP contribution in [0.3, 0.4) is 0 Å². The van der Waals surface area contributed by atoms with Crippen molar-refractivity contribution in [2.45, 2.75) is 6.54 Å². The fraction of sp³-hybridized carbons (Fsp3) is 0.167. The van der Waals surface area contributed by atoms with E-state index in [4.69, 9.17) is 11.6 Å². The number of aromatic nitrogens is 2. The molecule has 0 saturated carbocycles. The number of benzene rings is 1. The molecule has 0 aliphatic heterocycles. The van der Waals surface area contributed by atoms with Crippen LogP contribution >= 0.6 is 11.6 Å². The van der Waals surface area contributed by atoms with Crippen molar-refractivity contribution in [3.05, 3.63) is 47.4 Å². The molecule has 0 bridgehead atoms. The Morgan fingerprint density at radius 1 is 1.19 bits per heavy atom. The Bertz CT molecular complexity index is 468. The molecule has 0 unspecified atom stereocenters. The number of halogens is 1. The van der Waals surface area contributed by atoms with Gasteiger partial charge in [-0.1, -0.05) is 23.7 Å². The van der Waals surface area contributed by atoms with Crippen LogP contribution in [0.5, 0.6) is 0 Å². The summed E-state index contributed by atoms with van der Waals surface area (Å²) >= 11 is 5.84. The Morgan fingerprint density at radius 3 is 2.62 bits per heavy atom. The van der Waals surface area contributed by atoms with Crippen LogP contribution in [-0.2, 0) is 6.54 Å². The molecule has 1 aromatic heterocycles. The van der Waals surface area contributed by atoms with E-state index >= 15 is 0 Å². The fourth-order valence-electron chi connectivity index (χ4n) is 1.45. The average molecular weight is 234 g/mol. The average Bonchev–Trinajstić information content (AvgIpc) is 2.31. The minimum atomic E-state index is 0.730. The molecule has 0 spiro atoms. The van der Waals surface area contributed by atoms with Gasteiger partial charge >= 0.3 is 0 Å². The Labute approximate surface area is 99.5 Å². The largest absolute Gasteiger partial charge is 0.314 e. The molecule has 2 rings (SSSR count). The zero-order chi connectivity index (χ0) is 11.4. The van der Waals surface area contributed by atoms with Crippen LogP contribution in [-0.4, -0.2) is 17.0 Å². The highest BCUT2D eigenvalue weighted by molar-refractivity contribution is 6.30. The smallest absolute Gasteiger partial charge is 0.116 e. The molecular formula is C12H12ClN3. The van der Waals surface area contributed by atoms with Crippen LogP contribution in [0.15, 0.2) is 36.7 Å². The summed E-state index contributed by atoms with van der Waals surface area (Å²) in [6.45, 7) is 0.739. The number of nitrogens with one attached hydrogen (secondary N) is 1. The lowest BCUT2D eigenvalue weighted by molar-refractivity contribution is 0.787. The van der Waals surface area contributed by atoms with Crippen molar-refractivity contribution in [3.8, 4) is 11.3 Å². The highest BCUT2D eigenvalue weighted by Gasteiger charge is 2.01. The summed E-state index contributed by atoms with van der Waals surface area (Å²) < 4.78 is 0. The molecule has 3 nitrogen and oxygen atoms in total. The summed E-state index contributed by atoms with van der Waals surface area (Å²) in [5.41, 5.74) is 2.93. The molecule has 82 valence electrons. The molecule has 1 N–H and O–H groups in total. The SMILES string of the molecule is CNCc1cc(-c2ccc(Cl)cc2)ncn1. The first kappa shape index (κ1) is 11.0. The summed E-state index contributed by atoms with van der Waals surface area (Å²) in [7, 11) is 1.89. The van der Waals surface area contributed by atoms with Gasteiger partial charge in [0, 0.05) is 17.1 Å². The molecule has 1 heterocycles. The molecule has 0 amide bonds. The maximum absolute atomic E-state index is 5.84. The topological polar surface area (TPSA) is 37.8 Å². The predicted molar refractivity (Wildman–Crippen MR) is 65.2 cm³/mol. The lowest BCUT2D eigenvalue weighted by Gasteiger charge is -2.03. The van der Waals surface area contributed by atoms with Gasteiger partial charge in [-0.15, -0.1) is 0 Å². The van der Waals surface area contributed by atoms with Crippen LogP contribution in [0, 0.1) is 0 Å². The summed E-state index contributed by atoms with van der Waals surface area (Å²) in [5, 5.41) is 3.79. The minimum absolute atomic E-state index is 0.730. The molecule has 16 heavy (non-hydrogen) atoms. The Hall–Kier alpha value is -1.45. The van der Waals surface area contributed by atoms with Gasteiger partial charge in [0.1, 0.15) is 6.33 Å². The van der Waals surface area contributed by atoms with E-state index in [-0.39, 0.29) is 0 Å². The van der Waals surface area contributed by atoms with Crippen LogP contribution in [0.2, 0.25) is 5.02 Å². The molecule has 0 atom stereocenters. The van der Waals surface area contributed by atoms with E-state index in [1.54, 1.807) is 6.33 Å². The fourth-order valence-corrected chi connectivity index (χ4v) is 1.58. The van der Waals surface area contributed by atoms with Gasteiger partial charge in [-0.25, -0.2) is 9.97 Å². The molecule has 0 aliphatic carbocycles. The second kappa shape index (κ2) is 5.05. The van der Waals surface area contributed by atoms with Gasteiger partial charge in [0.05, 0.1) is 11.4 Å². The van der Waals surface area contributed by atoms with Gasteiger partial charge in [0.25, 0.3) is 0 Å². The molecule has 2 aromatic rings. The molecule has 1 aromatic carbocycles. The van der Waals surface area contributed by atoms with Crippen LogP contribution < -0.4 is 5.32 Å². The predicted octanol–water partition coefficient (Wildman–Crippen LogP) is 2.52. The zero-order valence-corrected chi connectivity index (χ0v) is 9.70. The van der Waals surface area contributed by atoms with Crippen LogP contribution in [0.4, 0.5) is 0 Å². The van der Waals surface area contributed by atoms with Crippen molar-refractivity contribution < 1.29 is 0 Å². The molecular weight excluding hydrogens is 222 g/mol. The van der Waals surface area contributed by atoms with Crippen molar-refractivity contribution in [2.24, 2.45) is 0 Å². The quantitative estimate of drug-likeness (QED) is 0.885. The summed E-state index contributed by atoms with van der Waals surface area (Å²) in [5.74, 6) is 0. The lowest BCUT2D eigenvalue weighted by Crippen LogP contribution is -2.07. The highest BCUT2D eigenvalue weighted by atomic mass is 35.5. The molecule has 0 saturated heterocycles. The first-order chi connectivity index (χ1) is 7.79. The summed E-state index contributed by atoms with van der Waals surface area (Å²) in [6.07, 6.45) is 1.58. The van der Waals surface area contributed by atoms with E-state index in [0.717, 1.165) is 28.5 Å². The third kappa shape index (κ3) is 2.56. The molecule has 4 heteroatoms. The molecule has 0 radical (unpaired) electrons. The standard InChI is InChI=1S/C12H12ClN3/c1-14-7-11-6-12(16-8-15-11)9-2-4-10(13)5-3-9/h2-6,8,14H,7H2,1H3. The Kier molecular flexibility index (Phi) is 3.49. The zero-order valence-electron chi connectivity index (χ0n) is 8.94. The van der Waals surface area contributed by atoms with E-state index in [1.807, 2.05) is 37.4 Å². The van der Waals surface area contributed by atoms with E-state index in [9.17, 15) is 0 Å². The third-order valence-electron chi connectivity index (χ3n) is 2.22. The van der Waals surface area contributed by atoms with Gasteiger partial charge in [-0.05, 0) is 25.2 Å². The van der Waals surface area contributed by atoms with E-state index in [1.165, 1.54) is 0 Å². The van der Waals surface area contributed by atoms with Crippen LogP contribution in [0.1, 0.15) is 5.69 Å². The van der Waals surface area contributed by atoms with Gasteiger partial charge in [-0.2, -0.15) is 0 Å². The van der Waals surface area contributed by atoms with E-state index in [0.29, 0.717) is 0 Å².